The van der Waals surface area contributed by atoms with E-state index < -0.39 is 0 Å². The lowest BCUT2D eigenvalue weighted by Gasteiger charge is -2.09. The van der Waals surface area contributed by atoms with Crippen molar-refractivity contribution in [3.05, 3.63) is 29.8 Å². The predicted octanol–water partition coefficient (Wildman–Crippen LogP) is 4.24. The van der Waals surface area contributed by atoms with Crippen LogP contribution in [0, 0.1) is 5.92 Å². The molecule has 2 rings (SSSR count). The number of ether oxygens (including phenoxy) is 1. The maximum atomic E-state index is 12.2. The van der Waals surface area contributed by atoms with Crippen LogP contribution >= 0.6 is 0 Å². The summed E-state index contributed by atoms with van der Waals surface area (Å²) in [5, 5.41) is 0. The summed E-state index contributed by atoms with van der Waals surface area (Å²) in [6.07, 6.45) is 6.74. The van der Waals surface area contributed by atoms with Gasteiger partial charge < -0.3 is 4.74 Å². The van der Waals surface area contributed by atoms with Crippen LogP contribution < -0.4 is 4.74 Å². The molecule has 0 heterocycles. The average molecular weight is 246 g/mol. The molecule has 0 N–H and O–H groups in total. The highest BCUT2D eigenvalue weighted by molar-refractivity contribution is 5.98. The van der Waals surface area contributed by atoms with Gasteiger partial charge in [0, 0.05) is 11.5 Å². The van der Waals surface area contributed by atoms with Gasteiger partial charge in [0.15, 0.2) is 5.78 Å². The average Bonchev–Trinajstić information content (AvgIpc) is 2.93. The van der Waals surface area contributed by atoms with E-state index in [1.807, 2.05) is 24.3 Å². The first-order valence-electron chi connectivity index (χ1n) is 7.08. The number of carbonyl (C=O) groups is 1. The normalized spacial score (nSPS) is 15.8. The first kappa shape index (κ1) is 13.1. The van der Waals surface area contributed by atoms with Gasteiger partial charge in [-0.25, -0.2) is 0 Å². The minimum absolute atomic E-state index is 0.261. The summed E-state index contributed by atoms with van der Waals surface area (Å²) < 4.78 is 5.60. The zero-order valence-corrected chi connectivity index (χ0v) is 11.2. The molecular weight excluding hydrogens is 224 g/mol. The number of benzene rings is 1. The van der Waals surface area contributed by atoms with Gasteiger partial charge in [-0.2, -0.15) is 0 Å². The molecule has 1 fully saturated rings. The molecule has 98 valence electrons. The van der Waals surface area contributed by atoms with Crippen molar-refractivity contribution in [2.75, 3.05) is 6.61 Å². The van der Waals surface area contributed by atoms with E-state index in [0.29, 0.717) is 5.78 Å². The molecule has 1 aliphatic rings. The molecule has 0 atom stereocenters. The maximum absolute atomic E-state index is 12.2. The number of hydrogen-bond donors (Lipinski definition) is 0. The molecule has 1 aromatic carbocycles. The highest BCUT2D eigenvalue weighted by atomic mass is 16.5. The number of rotatable bonds is 6. The van der Waals surface area contributed by atoms with Gasteiger partial charge in [-0.3, -0.25) is 4.79 Å². The summed E-state index contributed by atoms with van der Waals surface area (Å²) in [5.74, 6) is 1.44. The van der Waals surface area contributed by atoms with E-state index in [4.69, 9.17) is 4.74 Å². The fourth-order valence-corrected chi connectivity index (χ4v) is 2.47. The van der Waals surface area contributed by atoms with E-state index in [1.54, 1.807) is 0 Å². The van der Waals surface area contributed by atoms with Crippen LogP contribution in [-0.4, -0.2) is 12.4 Å². The Kier molecular flexibility index (Phi) is 4.80. The Balaban J connectivity index is 1.92. The molecule has 0 radical (unpaired) electrons. The highest BCUT2D eigenvalue weighted by Gasteiger charge is 2.23. The molecular formula is C16H22O2. The largest absolute Gasteiger partial charge is 0.494 e. The second kappa shape index (κ2) is 6.58. The van der Waals surface area contributed by atoms with Crippen LogP contribution in [0.5, 0.6) is 5.75 Å². The van der Waals surface area contributed by atoms with Gasteiger partial charge in [0.25, 0.3) is 0 Å². The Morgan fingerprint density at radius 1 is 1.22 bits per heavy atom. The molecule has 1 aliphatic carbocycles. The molecule has 0 aliphatic heterocycles. The van der Waals surface area contributed by atoms with E-state index in [9.17, 15) is 4.79 Å². The van der Waals surface area contributed by atoms with Crippen molar-refractivity contribution < 1.29 is 9.53 Å². The van der Waals surface area contributed by atoms with Gasteiger partial charge in [0.05, 0.1) is 6.61 Å². The molecule has 2 heteroatoms. The van der Waals surface area contributed by atoms with Gasteiger partial charge in [-0.1, -0.05) is 26.2 Å². The number of Topliss-reactive ketones (excluding diaryl/α,β-unsaturated/α-hetero) is 1. The molecule has 0 spiro atoms. The topological polar surface area (TPSA) is 26.3 Å². The van der Waals surface area contributed by atoms with Crippen molar-refractivity contribution in [3.8, 4) is 5.75 Å². The zero-order valence-electron chi connectivity index (χ0n) is 11.2. The lowest BCUT2D eigenvalue weighted by atomic mass is 9.96. The minimum atomic E-state index is 0.261. The highest BCUT2D eigenvalue weighted by Crippen LogP contribution is 2.28. The Hall–Kier alpha value is -1.31. The Labute approximate surface area is 109 Å². The molecule has 0 unspecified atom stereocenters. The summed E-state index contributed by atoms with van der Waals surface area (Å²) in [7, 11) is 0. The third-order valence-corrected chi connectivity index (χ3v) is 3.63. The van der Waals surface area contributed by atoms with E-state index in [2.05, 4.69) is 6.92 Å². The summed E-state index contributed by atoms with van der Waals surface area (Å²) in [4.78, 5) is 12.2. The molecule has 0 saturated heterocycles. The van der Waals surface area contributed by atoms with Gasteiger partial charge in [-0.15, -0.1) is 0 Å². The smallest absolute Gasteiger partial charge is 0.165 e. The minimum Gasteiger partial charge on any atom is -0.494 e. The number of ketones is 1. The maximum Gasteiger partial charge on any atom is 0.165 e. The van der Waals surface area contributed by atoms with Crippen molar-refractivity contribution in [1.29, 1.82) is 0 Å². The van der Waals surface area contributed by atoms with Crippen LogP contribution in [0.3, 0.4) is 0 Å². The monoisotopic (exact) mass is 246 g/mol. The van der Waals surface area contributed by atoms with Crippen LogP contribution in [-0.2, 0) is 0 Å². The Morgan fingerprint density at radius 2 is 1.89 bits per heavy atom. The molecule has 0 amide bonds. The third-order valence-electron chi connectivity index (χ3n) is 3.63. The van der Waals surface area contributed by atoms with Crippen molar-refractivity contribution >= 4 is 5.78 Å². The van der Waals surface area contributed by atoms with Crippen LogP contribution in [0.25, 0.3) is 0 Å². The lowest BCUT2D eigenvalue weighted by Crippen LogP contribution is -2.10. The molecule has 18 heavy (non-hydrogen) atoms. The second-order valence-electron chi connectivity index (χ2n) is 5.07. The van der Waals surface area contributed by atoms with Gasteiger partial charge in [-0.05, 0) is 43.5 Å². The molecule has 0 aromatic heterocycles. The molecule has 1 aromatic rings. The van der Waals surface area contributed by atoms with Gasteiger partial charge in [0.2, 0.25) is 0 Å². The summed E-state index contributed by atoms with van der Waals surface area (Å²) in [6.45, 7) is 2.90. The lowest BCUT2D eigenvalue weighted by molar-refractivity contribution is 0.0923. The number of unbranched alkanes of at least 4 members (excludes halogenated alkanes) is 1. The number of carbonyl (C=O) groups excluding carboxylic acids is 1. The summed E-state index contributed by atoms with van der Waals surface area (Å²) in [5.41, 5.74) is 0.838. The molecule has 1 saturated carbocycles. The summed E-state index contributed by atoms with van der Waals surface area (Å²) in [6, 6.07) is 7.64. The van der Waals surface area contributed by atoms with Crippen LogP contribution in [0.4, 0.5) is 0 Å². The first-order valence-corrected chi connectivity index (χ1v) is 7.08. The van der Waals surface area contributed by atoms with Crippen LogP contribution in [0.2, 0.25) is 0 Å². The Morgan fingerprint density at radius 3 is 2.50 bits per heavy atom. The predicted molar refractivity (Wildman–Crippen MR) is 73.1 cm³/mol. The number of hydrogen-bond acceptors (Lipinski definition) is 2. The van der Waals surface area contributed by atoms with E-state index >= 15 is 0 Å². The van der Waals surface area contributed by atoms with Gasteiger partial charge in [0.1, 0.15) is 5.75 Å². The van der Waals surface area contributed by atoms with E-state index in [0.717, 1.165) is 43.6 Å². The standard InChI is InChI=1S/C16H22O2/c1-2-3-12-18-15-10-8-14(9-11-15)16(17)13-6-4-5-7-13/h8-11,13H,2-7,12H2,1H3. The zero-order chi connectivity index (χ0) is 12.8. The molecule has 2 nitrogen and oxygen atoms in total. The van der Waals surface area contributed by atoms with Crippen LogP contribution in [0.15, 0.2) is 24.3 Å². The van der Waals surface area contributed by atoms with Crippen molar-refractivity contribution in [2.24, 2.45) is 5.92 Å². The van der Waals surface area contributed by atoms with Gasteiger partial charge >= 0.3 is 0 Å². The molecule has 0 bridgehead atoms. The van der Waals surface area contributed by atoms with Crippen molar-refractivity contribution in [3.63, 3.8) is 0 Å². The van der Waals surface area contributed by atoms with Crippen molar-refractivity contribution in [1.82, 2.24) is 0 Å². The fraction of sp³-hybridized carbons (Fsp3) is 0.562. The third kappa shape index (κ3) is 3.34. The first-order chi connectivity index (χ1) is 8.81. The quantitative estimate of drug-likeness (QED) is 0.554. The fourth-order valence-electron chi connectivity index (χ4n) is 2.47. The Bertz CT molecular complexity index is 375. The van der Waals surface area contributed by atoms with Crippen molar-refractivity contribution in [2.45, 2.75) is 45.4 Å². The summed E-state index contributed by atoms with van der Waals surface area (Å²) >= 11 is 0. The van der Waals surface area contributed by atoms with E-state index in [1.165, 1.54) is 12.8 Å². The van der Waals surface area contributed by atoms with E-state index in [-0.39, 0.29) is 5.92 Å². The SMILES string of the molecule is CCCCOc1ccc(C(=O)C2CCCC2)cc1. The second-order valence-corrected chi connectivity index (χ2v) is 5.07. The van der Waals surface area contributed by atoms with Crippen LogP contribution in [0.1, 0.15) is 55.8 Å².